The molecule has 1 aliphatic rings. The summed E-state index contributed by atoms with van der Waals surface area (Å²) >= 11 is 8.15. The van der Waals surface area contributed by atoms with Crippen LogP contribution in [0.3, 0.4) is 0 Å². The fourth-order valence-electron chi connectivity index (χ4n) is 2.51. The molecule has 2 rings (SSSR count). The zero-order chi connectivity index (χ0) is 12.3. The maximum absolute atomic E-state index is 6.18. The summed E-state index contributed by atoms with van der Waals surface area (Å²) in [5.41, 5.74) is 6.89. The van der Waals surface area contributed by atoms with E-state index in [1.807, 2.05) is 23.9 Å². The van der Waals surface area contributed by atoms with E-state index in [4.69, 9.17) is 17.3 Å². The van der Waals surface area contributed by atoms with Crippen LogP contribution in [-0.2, 0) is 6.54 Å². The fourth-order valence-corrected chi connectivity index (χ4v) is 4.38. The van der Waals surface area contributed by atoms with Crippen LogP contribution in [-0.4, -0.2) is 5.25 Å². The van der Waals surface area contributed by atoms with E-state index in [1.165, 1.54) is 30.6 Å². The monoisotopic (exact) mass is 269 g/mol. The summed E-state index contributed by atoms with van der Waals surface area (Å²) < 4.78 is 0. The minimum atomic E-state index is 0.532. The molecule has 0 saturated heterocycles. The lowest BCUT2D eigenvalue weighted by Crippen LogP contribution is -2.15. The van der Waals surface area contributed by atoms with E-state index in [1.54, 1.807) is 0 Å². The average molecular weight is 270 g/mol. The second-order valence-electron chi connectivity index (χ2n) is 4.93. The van der Waals surface area contributed by atoms with E-state index in [2.05, 4.69) is 13.0 Å². The van der Waals surface area contributed by atoms with Crippen molar-refractivity contribution in [3.63, 3.8) is 0 Å². The Bertz CT molecular complexity index is 380. The molecule has 2 N–H and O–H groups in total. The molecule has 17 heavy (non-hydrogen) atoms. The number of hydrogen-bond acceptors (Lipinski definition) is 2. The molecular formula is C14H20ClNS. The summed E-state index contributed by atoms with van der Waals surface area (Å²) in [6.07, 6.45) is 5.39. The molecule has 0 aromatic heterocycles. The van der Waals surface area contributed by atoms with Crippen molar-refractivity contribution in [1.82, 2.24) is 0 Å². The van der Waals surface area contributed by atoms with E-state index in [9.17, 15) is 0 Å². The van der Waals surface area contributed by atoms with Crippen molar-refractivity contribution in [3.05, 3.63) is 28.8 Å². The van der Waals surface area contributed by atoms with Gasteiger partial charge < -0.3 is 5.73 Å². The Morgan fingerprint density at radius 2 is 2.24 bits per heavy atom. The third-order valence-electron chi connectivity index (χ3n) is 3.46. The van der Waals surface area contributed by atoms with E-state index in [-0.39, 0.29) is 0 Å². The van der Waals surface area contributed by atoms with Gasteiger partial charge in [0.25, 0.3) is 0 Å². The molecule has 94 valence electrons. The standard InChI is InChI=1S/C14H20ClNS/c1-10-4-2-5-11(8-10)17-14-7-3-6-13(15)12(14)9-16/h3,6-7,10-11H,2,4-5,8-9,16H2,1H3. The summed E-state index contributed by atoms with van der Waals surface area (Å²) in [6, 6.07) is 6.10. The Kier molecular flexibility index (Phi) is 4.78. The van der Waals surface area contributed by atoms with Crippen molar-refractivity contribution in [1.29, 1.82) is 0 Å². The van der Waals surface area contributed by atoms with Crippen molar-refractivity contribution < 1.29 is 0 Å². The van der Waals surface area contributed by atoms with Gasteiger partial charge in [-0.1, -0.05) is 37.4 Å². The van der Waals surface area contributed by atoms with Crippen LogP contribution < -0.4 is 5.73 Å². The fraction of sp³-hybridized carbons (Fsp3) is 0.571. The first kappa shape index (κ1) is 13.3. The molecule has 0 amide bonds. The second kappa shape index (κ2) is 6.12. The van der Waals surface area contributed by atoms with E-state index >= 15 is 0 Å². The number of halogens is 1. The van der Waals surface area contributed by atoms with Gasteiger partial charge in [0.2, 0.25) is 0 Å². The topological polar surface area (TPSA) is 26.0 Å². The third kappa shape index (κ3) is 3.40. The molecule has 0 aliphatic heterocycles. The largest absolute Gasteiger partial charge is 0.326 e. The Morgan fingerprint density at radius 3 is 2.94 bits per heavy atom. The molecule has 1 fully saturated rings. The second-order valence-corrected chi connectivity index (χ2v) is 6.68. The van der Waals surface area contributed by atoms with Crippen molar-refractivity contribution in [2.24, 2.45) is 11.7 Å². The molecule has 0 spiro atoms. The normalized spacial score (nSPS) is 24.9. The maximum atomic E-state index is 6.18. The average Bonchev–Trinajstić information content (AvgIpc) is 2.29. The Hall–Kier alpha value is -0.180. The van der Waals surface area contributed by atoms with Gasteiger partial charge in [0, 0.05) is 21.7 Å². The predicted octanol–water partition coefficient (Wildman–Crippen LogP) is 4.47. The lowest BCUT2D eigenvalue weighted by Gasteiger charge is -2.26. The zero-order valence-electron chi connectivity index (χ0n) is 10.3. The van der Waals surface area contributed by atoms with Gasteiger partial charge in [-0.25, -0.2) is 0 Å². The molecule has 0 bridgehead atoms. The molecule has 1 aromatic carbocycles. The first-order valence-electron chi connectivity index (χ1n) is 6.34. The van der Waals surface area contributed by atoms with E-state index in [0.29, 0.717) is 6.54 Å². The number of benzene rings is 1. The van der Waals surface area contributed by atoms with Crippen LogP contribution in [0.5, 0.6) is 0 Å². The molecular weight excluding hydrogens is 250 g/mol. The molecule has 0 radical (unpaired) electrons. The summed E-state index contributed by atoms with van der Waals surface area (Å²) in [5.74, 6) is 0.863. The minimum Gasteiger partial charge on any atom is -0.326 e. The molecule has 1 aliphatic carbocycles. The summed E-state index contributed by atoms with van der Waals surface area (Å²) in [5, 5.41) is 1.55. The number of nitrogens with two attached hydrogens (primary N) is 1. The van der Waals surface area contributed by atoms with Gasteiger partial charge in [-0.05, 0) is 36.5 Å². The van der Waals surface area contributed by atoms with Gasteiger partial charge in [-0.2, -0.15) is 0 Å². The number of hydrogen-bond donors (Lipinski definition) is 1. The molecule has 3 heteroatoms. The van der Waals surface area contributed by atoms with Crippen LogP contribution in [0.1, 0.15) is 38.2 Å². The quantitative estimate of drug-likeness (QED) is 0.876. The van der Waals surface area contributed by atoms with Gasteiger partial charge in [-0.3, -0.25) is 0 Å². The van der Waals surface area contributed by atoms with Gasteiger partial charge in [0.1, 0.15) is 0 Å². The van der Waals surface area contributed by atoms with Crippen LogP contribution in [0.2, 0.25) is 5.02 Å². The first-order chi connectivity index (χ1) is 8.20. The molecule has 0 heterocycles. The number of thioether (sulfide) groups is 1. The van der Waals surface area contributed by atoms with Gasteiger partial charge in [0.05, 0.1) is 0 Å². The molecule has 1 nitrogen and oxygen atoms in total. The van der Waals surface area contributed by atoms with Gasteiger partial charge in [0.15, 0.2) is 0 Å². The SMILES string of the molecule is CC1CCCC(Sc2cccc(Cl)c2CN)C1. The lowest BCUT2D eigenvalue weighted by atomic mass is 9.91. The summed E-state index contributed by atoms with van der Waals surface area (Å²) in [7, 11) is 0. The van der Waals surface area contributed by atoms with E-state index < -0.39 is 0 Å². The highest BCUT2D eigenvalue weighted by molar-refractivity contribution is 8.00. The van der Waals surface area contributed by atoms with E-state index in [0.717, 1.165) is 21.8 Å². The smallest absolute Gasteiger partial charge is 0.0462 e. The Morgan fingerprint density at radius 1 is 1.41 bits per heavy atom. The number of rotatable bonds is 3. The lowest BCUT2D eigenvalue weighted by molar-refractivity contribution is 0.394. The zero-order valence-corrected chi connectivity index (χ0v) is 11.9. The van der Waals surface area contributed by atoms with Gasteiger partial charge >= 0.3 is 0 Å². The van der Waals surface area contributed by atoms with Crippen LogP contribution >= 0.6 is 23.4 Å². The Balaban J connectivity index is 2.10. The summed E-state index contributed by atoms with van der Waals surface area (Å²) in [4.78, 5) is 1.28. The van der Waals surface area contributed by atoms with Crippen LogP contribution in [0.25, 0.3) is 0 Å². The predicted molar refractivity (Wildman–Crippen MR) is 76.6 cm³/mol. The third-order valence-corrected chi connectivity index (χ3v) is 5.21. The molecule has 2 atom stereocenters. The summed E-state index contributed by atoms with van der Waals surface area (Å²) in [6.45, 7) is 2.89. The first-order valence-corrected chi connectivity index (χ1v) is 7.60. The van der Waals surface area contributed by atoms with Crippen molar-refractivity contribution >= 4 is 23.4 Å². The van der Waals surface area contributed by atoms with Crippen molar-refractivity contribution in [3.8, 4) is 0 Å². The minimum absolute atomic E-state index is 0.532. The van der Waals surface area contributed by atoms with Crippen molar-refractivity contribution in [2.45, 2.75) is 49.3 Å². The van der Waals surface area contributed by atoms with Crippen molar-refractivity contribution in [2.75, 3.05) is 0 Å². The Labute approximate surface area is 113 Å². The van der Waals surface area contributed by atoms with Crippen LogP contribution in [0.15, 0.2) is 23.1 Å². The van der Waals surface area contributed by atoms with Crippen LogP contribution in [0.4, 0.5) is 0 Å². The highest BCUT2D eigenvalue weighted by atomic mass is 35.5. The highest BCUT2D eigenvalue weighted by Crippen LogP contribution is 2.38. The van der Waals surface area contributed by atoms with Crippen LogP contribution in [0, 0.1) is 5.92 Å². The maximum Gasteiger partial charge on any atom is 0.0462 e. The van der Waals surface area contributed by atoms with Gasteiger partial charge in [-0.15, -0.1) is 11.8 Å². The highest BCUT2D eigenvalue weighted by Gasteiger charge is 2.20. The molecule has 2 unspecified atom stereocenters. The molecule has 1 aromatic rings. The molecule has 1 saturated carbocycles.